The van der Waals surface area contributed by atoms with E-state index in [1.54, 1.807) is 23.5 Å². The third-order valence-corrected chi connectivity index (χ3v) is 4.52. The second kappa shape index (κ2) is 5.50. The van der Waals surface area contributed by atoms with Crippen LogP contribution in [0, 0.1) is 5.82 Å². The highest BCUT2D eigenvalue weighted by Gasteiger charge is 2.30. The number of nitrogens with zero attached hydrogens (tertiary/aromatic N) is 1. The van der Waals surface area contributed by atoms with Gasteiger partial charge in [0.05, 0.1) is 6.54 Å². The van der Waals surface area contributed by atoms with Gasteiger partial charge in [0.25, 0.3) is 0 Å². The van der Waals surface area contributed by atoms with Crippen molar-refractivity contribution < 1.29 is 4.39 Å². The monoisotopic (exact) mass is 306 g/mol. The molecule has 1 heterocycles. The molecule has 0 atom stereocenters. The van der Waals surface area contributed by atoms with Crippen molar-refractivity contribution in [3.8, 4) is 0 Å². The number of benzene rings is 1. The van der Waals surface area contributed by atoms with Crippen molar-refractivity contribution >= 4 is 34.2 Å². The average Bonchev–Trinajstić information content (AvgIpc) is 3.12. The summed E-state index contributed by atoms with van der Waals surface area (Å²) in [4.78, 5) is 3.65. The van der Waals surface area contributed by atoms with Gasteiger partial charge in [-0.15, -0.1) is 11.3 Å². The maximum atomic E-state index is 14.0. The van der Waals surface area contributed by atoms with Crippen LogP contribution in [0.1, 0.15) is 23.3 Å². The summed E-state index contributed by atoms with van der Waals surface area (Å²) in [6.45, 7) is 0.828. The zero-order valence-corrected chi connectivity index (χ0v) is 12.5. The summed E-state index contributed by atoms with van der Waals surface area (Å²) in [7, 11) is 0. The van der Waals surface area contributed by atoms with E-state index in [0.29, 0.717) is 11.6 Å². The van der Waals surface area contributed by atoms with Crippen molar-refractivity contribution in [1.29, 1.82) is 0 Å². The van der Waals surface area contributed by atoms with Crippen molar-refractivity contribution in [2.45, 2.75) is 25.4 Å². The highest BCUT2D eigenvalue weighted by atomic mass is 32.1. The Bertz CT molecular complexity index is 621. The number of halogens is 1. The Hall–Kier alpha value is -1.46. The molecule has 104 valence electrons. The first-order valence-corrected chi connectivity index (χ1v) is 7.82. The number of hydrogen-bond acceptors (Lipinski definition) is 3. The zero-order valence-electron chi connectivity index (χ0n) is 10.9. The molecule has 1 aliphatic carbocycles. The largest absolute Gasteiger partial charge is 0.389 e. The van der Waals surface area contributed by atoms with E-state index >= 15 is 0 Å². The Morgan fingerprint density at radius 2 is 2.20 bits per heavy atom. The van der Waals surface area contributed by atoms with Crippen molar-refractivity contribution in [3.63, 3.8) is 0 Å². The molecule has 0 bridgehead atoms. The second-order valence-corrected chi connectivity index (χ2v) is 6.44. The second-order valence-electron chi connectivity index (χ2n) is 4.97. The number of thiocarbonyl (C=S) groups is 1. The van der Waals surface area contributed by atoms with Gasteiger partial charge >= 0.3 is 0 Å². The van der Waals surface area contributed by atoms with E-state index in [2.05, 4.69) is 16.3 Å². The molecule has 1 aromatic heterocycles. The van der Waals surface area contributed by atoms with Crippen LogP contribution in [-0.2, 0) is 6.54 Å². The number of thiophene rings is 1. The normalized spacial score (nSPS) is 14.2. The molecule has 0 radical (unpaired) electrons. The molecule has 1 aromatic carbocycles. The predicted octanol–water partition coefficient (Wildman–Crippen LogP) is 3.69. The predicted molar refractivity (Wildman–Crippen MR) is 85.8 cm³/mol. The summed E-state index contributed by atoms with van der Waals surface area (Å²) in [6.07, 6.45) is 2.34. The molecule has 0 amide bonds. The average molecular weight is 306 g/mol. The molecule has 20 heavy (non-hydrogen) atoms. The lowest BCUT2D eigenvalue weighted by Crippen LogP contribution is -2.25. The lowest BCUT2D eigenvalue weighted by Gasteiger charge is -2.24. The Kier molecular flexibility index (Phi) is 3.72. The van der Waals surface area contributed by atoms with E-state index in [1.807, 2.05) is 12.1 Å². The van der Waals surface area contributed by atoms with Crippen LogP contribution < -0.4 is 10.6 Å². The van der Waals surface area contributed by atoms with Crippen LogP contribution in [0.25, 0.3) is 0 Å². The number of rotatable bonds is 5. The molecule has 1 aliphatic rings. The summed E-state index contributed by atoms with van der Waals surface area (Å²) in [5, 5.41) is 2.07. The fourth-order valence-electron chi connectivity index (χ4n) is 2.27. The Morgan fingerprint density at radius 1 is 1.40 bits per heavy atom. The number of hydrogen-bond donors (Lipinski definition) is 1. The fourth-order valence-corrected chi connectivity index (χ4v) is 3.14. The molecule has 0 spiro atoms. The Labute approximate surface area is 127 Å². The van der Waals surface area contributed by atoms with Gasteiger partial charge in [-0.2, -0.15) is 0 Å². The van der Waals surface area contributed by atoms with Crippen LogP contribution in [0.2, 0.25) is 0 Å². The van der Waals surface area contributed by atoms with Crippen LogP contribution in [0.5, 0.6) is 0 Å². The summed E-state index contributed by atoms with van der Waals surface area (Å²) in [6, 6.07) is 9.80. The first-order chi connectivity index (χ1) is 9.65. The van der Waals surface area contributed by atoms with Gasteiger partial charge in [-0.1, -0.05) is 18.3 Å². The minimum absolute atomic E-state index is 0.102. The standard InChI is InChI=1S/C15H15FN2S2/c16-14-8-11(5-6-13(14)15(17)19)18(10-3-4-10)9-12-2-1-7-20-12/h1-2,5-8,10H,3-4,9H2,(H2,17,19). The highest BCUT2D eigenvalue weighted by molar-refractivity contribution is 7.80. The van der Waals surface area contributed by atoms with Gasteiger partial charge in [-0.05, 0) is 42.5 Å². The highest BCUT2D eigenvalue weighted by Crippen LogP contribution is 2.34. The van der Waals surface area contributed by atoms with Crippen LogP contribution in [-0.4, -0.2) is 11.0 Å². The maximum Gasteiger partial charge on any atom is 0.135 e. The van der Waals surface area contributed by atoms with Gasteiger partial charge in [-0.25, -0.2) is 4.39 Å². The summed E-state index contributed by atoms with van der Waals surface area (Å²) in [5.74, 6) is -0.341. The molecule has 2 aromatic rings. The molecule has 0 saturated heterocycles. The van der Waals surface area contributed by atoms with E-state index < -0.39 is 0 Å². The topological polar surface area (TPSA) is 29.3 Å². The minimum atomic E-state index is -0.341. The lowest BCUT2D eigenvalue weighted by molar-refractivity contribution is 0.623. The van der Waals surface area contributed by atoms with Gasteiger partial charge in [0.2, 0.25) is 0 Å². The van der Waals surface area contributed by atoms with Gasteiger partial charge in [0.15, 0.2) is 0 Å². The Balaban J connectivity index is 1.88. The minimum Gasteiger partial charge on any atom is -0.389 e. The van der Waals surface area contributed by atoms with Gasteiger partial charge in [0.1, 0.15) is 10.8 Å². The molecule has 3 rings (SSSR count). The zero-order chi connectivity index (χ0) is 14.1. The van der Waals surface area contributed by atoms with Gasteiger partial charge < -0.3 is 10.6 Å². The smallest absolute Gasteiger partial charge is 0.135 e. The van der Waals surface area contributed by atoms with Crippen molar-refractivity contribution in [2.75, 3.05) is 4.90 Å². The van der Waals surface area contributed by atoms with E-state index in [1.165, 1.54) is 17.7 Å². The molecule has 0 aliphatic heterocycles. The third-order valence-electron chi connectivity index (χ3n) is 3.44. The summed E-state index contributed by atoms with van der Waals surface area (Å²) >= 11 is 6.57. The molecule has 0 unspecified atom stereocenters. The molecule has 2 nitrogen and oxygen atoms in total. The van der Waals surface area contributed by atoms with E-state index in [9.17, 15) is 4.39 Å². The quantitative estimate of drug-likeness (QED) is 0.854. The summed E-state index contributed by atoms with van der Waals surface area (Å²) < 4.78 is 14.0. The number of anilines is 1. The fraction of sp³-hybridized carbons (Fsp3) is 0.267. The third kappa shape index (κ3) is 2.83. The Morgan fingerprint density at radius 3 is 2.75 bits per heavy atom. The molecule has 1 fully saturated rings. The summed E-state index contributed by atoms with van der Waals surface area (Å²) in [5.41, 5.74) is 6.72. The van der Waals surface area contributed by atoms with E-state index in [0.717, 1.165) is 12.2 Å². The molecular weight excluding hydrogens is 291 g/mol. The lowest BCUT2D eigenvalue weighted by atomic mass is 10.1. The SMILES string of the molecule is NC(=S)c1ccc(N(Cc2cccs2)C2CC2)cc1F. The molecule has 1 saturated carbocycles. The molecule has 2 N–H and O–H groups in total. The van der Waals surface area contributed by atoms with Crippen LogP contribution >= 0.6 is 23.6 Å². The first kappa shape index (κ1) is 13.5. The van der Waals surface area contributed by atoms with E-state index in [-0.39, 0.29) is 10.8 Å². The number of nitrogens with two attached hydrogens (primary N) is 1. The maximum absolute atomic E-state index is 14.0. The van der Waals surface area contributed by atoms with Crippen molar-refractivity contribution in [2.24, 2.45) is 5.73 Å². The van der Waals surface area contributed by atoms with Crippen LogP contribution in [0.3, 0.4) is 0 Å². The first-order valence-electron chi connectivity index (χ1n) is 6.53. The van der Waals surface area contributed by atoms with Gasteiger partial charge in [0, 0.05) is 22.2 Å². The molecular formula is C15H15FN2S2. The van der Waals surface area contributed by atoms with Crippen molar-refractivity contribution in [3.05, 3.63) is 52.0 Å². The van der Waals surface area contributed by atoms with Crippen LogP contribution in [0.4, 0.5) is 10.1 Å². The molecule has 5 heteroatoms. The van der Waals surface area contributed by atoms with Crippen molar-refractivity contribution in [1.82, 2.24) is 0 Å². The van der Waals surface area contributed by atoms with Crippen LogP contribution in [0.15, 0.2) is 35.7 Å². The van der Waals surface area contributed by atoms with Gasteiger partial charge in [-0.3, -0.25) is 0 Å². The van der Waals surface area contributed by atoms with E-state index in [4.69, 9.17) is 18.0 Å².